The molecular formula is C8H13NO3. The van der Waals surface area contributed by atoms with E-state index < -0.39 is 5.41 Å². The van der Waals surface area contributed by atoms with Crippen LogP contribution in [-0.4, -0.2) is 25.0 Å². The van der Waals surface area contributed by atoms with Crippen molar-refractivity contribution >= 4 is 11.9 Å². The summed E-state index contributed by atoms with van der Waals surface area (Å²) in [6.07, 6.45) is 0.242. The standard InChI is InChI=1S/C8H13NO3/c1-3-12-7(11)8(2)4-6(10)9-5-8/h3-5H2,1-2H3,(H,9,10)/t8-/m0/s1. The Morgan fingerprint density at radius 3 is 2.83 bits per heavy atom. The average Bonchev–Trinajstić information content (AvgIpc) is 2.33. The maximum absolute atomic E-state index is 11.3. The van der Waals surface area contributed by atoms with Gasteiger partial charge < -0.3 is 10.1 Å². The van der Waals surface area contributed by atoms with E-state index in [-0.39, 0.29) is 18.3 Å². The van der Waals surface area contributed by atoms with Gasteiger partial charge in [-0.1, -0.05) is 0 Å². The molecule has 1 saturated heterocycles. The fourth-order valence-corrected chi connectivity index (χ4v) is 1.22. The molecule has 1 N–H and O–H groups in total. The summed E-state index contributed by atoms with van der Waals surface area (Å²) < 4.78 is 4.85. The van der Waals surface area contributed by atoms with Crippen molar-refractivity contribution in [3.05, 3.63) is 0 Å². The van der Waals surface area contributed by atoms with Crippen molar-refractivity contribution in [2.75, 3.05) is 13.2 Å². The molecule has 1 fully saturated rings. The Kier molecular flexibility index (Phi) is 2.35. The summed E-state index contributed by atoms with van der Waals surface area (Å²) in [4.78, 5) is 22.1. The van der Waals surface area contributed by atoms with Crippen molar-refractivity contribution in [3.8, 4) is 0 Å². The highest BCUT2D eigenvalue weighted by molar-refractivity contribution is 5.89. The maximum atomic E-state index is 11.3. The van der Waals surface area contributed by atoms with E-state index in [0.717, 1.165) is 0 Å². The van der Waals surface area contributed by atoms with Gasteiger partial charge in [0.25, 0.3) is 0 Å². The van der Waals surface area contributed by atoms with Gasteiger partial charge in [-0.05, 0) is 13.8 Å². The zero-order valence-corrected chi connectivity index (χ0v) is 7.35. The third-order valence-corrected chi connectivity index (χ3v) is 1.99. The second kappa shape index (κ2) is 3.13. The van der Waals surface area contributed by atoms with Crippen LogP contribution in [0.4, 0.5) is 0 Å². The van der Waals surface area contributed by atoms with E-state index in [2.05, 4.69) is 5.32 Å². The van der Waals surface area contributed by atoms with Gasteiger partial charge in [0, 0.05) is 13.0 Å². The van der Waals surface area contributed by atoms with E-state index in [1.165, 1.54) is 0 Å². The molecule has 1 aliphatic rings. The summed E-state index contributed by atoms with van der Waals surface area (Å²) in [6.45, 7) is 4.25. The summed E-state index contributed by atoms with van der Waals surface area (Å²) in [6, 6.07) is 0. The Labute approximate surface area is 71.3 Å². The van der Waals surface area contributed by atoms with E-state index in [1.54, 1.807) is 13.8 Å². The predicted octanol–water partition coefficient (Wildman–Crippen LogP) is 0.0757. The Bertz CT molecular complexity index is 214. The smallest absolute Gasteiger partial charge is 0.314 e. The first kappa shape index (κ1) is 9.03. The second-order valence-corrected chi connectivity index (χ2v) is 3.23. The van der Waals surface area contributed by atoms with E-state index >= 15 is 0 Å². The molecule has 0 spiro atoms. The van der Waals surface area contributed by atoms with Crippen molar-refractivity contribution in [3.63, 3.8) is 0 Å². The summed E-state index contributed by atoms with van der Waals surface area (Å²) in [5.41, 5.74) is -0.646. The van der Waals surface area contributed by atoms with E-state index in [9.17, 15) is 9.59 Å². The number of carbonyl (C=O) groups excluding carboxylic acids is 2. The third-order valence-electron chi connectivity index (χ3n) is 1.99. The normalized spacial score (nSPS) is 28.3. The Balaban J connectivity index is 2.60. The predicted molar refractivity (Wildman–Crippen MR) is 42.4 cm³/mol. The molecule has 4 heteroatoms. The van der Waals surface area contributed by atoms with Crippen molar-refractivity contribution in [2.24, 2.45) is 5.41 Å². The molecule has 0 bridgehead atoms. The SMILES string of the molecule is CCOC(=O)[C@]1(C)CNC(=O)C1. The van der Waals surface area contributed by atoms with Crippen LogP contribution in [0.1, 0.15) is 20.3 Å². The highest BCUT2D eigenvalue weighted by Crippen LogP contribution is 2.26. The molecule has 0 saturated carbocycles. The monoisotopic (exact) mass is 171 g/mol. The summed E-state index contributed by atoms with van der Waals surface area (Å²) in [5, 5.41) is 2.61. The lowest BCUT2D eigenvalue weighted by Gasteiger charge is -2.18. The Hall–Kier alpha value is -1.06. The number of ether oxygens (including phenoxy) is 1. The molecule has 12 heavy (non-hydrogen) atoms. The number of rotatable bonds is 2. The lowest BCUT2D eigenvalue weighted by molar-refractivity contribution is -0.153. The first-order chi connectivity index (χ1) is 5.58. The van der Waals surface area contributed by atoms with Crippen LogP contribution in [0.3, 0.4) is 0 Å². The molecule has 0 aromatic carbocycles. The van der Waals surface area contributed by atoms with Gasteiger partial charge in [-0.15, -0.1) is 0 Å². The van der Waals surface area contributed by atoms with Gasteiger partial charge in [-0.25, -0.2) is 0 Å². The van der Waals surface area contributed by atoms with Gasteiger partial charge in [0.05, 0.1) is 12.0 Å². The zero-order valence-electron chi connectivity index (χ0n) is 7.35. The highest BCUT2D eigenvalue weighted by Gasteiger charge is 2.41. The molecule has 1 rings (SSSR count). The van der Waals surface area contributed by atoms with Gasteiger partial charge in [-0.2, -0.15) is 0 Å². The second-order valence-electron chi connectivity index (χ2n) is 3.23. The number of hydrogen-bond acceptors (Lipinski definition) is 3. The minimum atomic E-state index is -0.646. The van der Waals surface area contributed by atoms with Crippen LogP contribution in [0.2, 0.25) is 0 Å². The summed E-state index contributed by atoms with van der Waals surface area (Å²) >= 11 is 0. The number of nitrogens with one attached hydrogen (secondary N) is 1. The van der Waals surface area contributed by atoms with Crippen molar-refractivity contribution in [1.82, 2.24) is 5.32 Å². The van der Waals surface area contributed by atoms with Crippen molar-refractivity contribution < 1.29 is 14.3 Å². The van der Waals surface area contributed by atoms with Crippen LogP contribution in [-0.2, 0) is 14.3 Å². The van der Waals surface area contributed by atoms with Gasteiger partial charge in [-0.3, -0.25) is 9.59 Å². The molecule has 1 heterocycles. The van der Waals surface area contributed by atoms with Crippen LogP contribution in [0, 0.1) is 5.41 Å². The topological polar surface area (TPSA) is 55.4 Å². The Morgan fingerprint density at radius 2 is 2.42 bits per heavy atom. The number of esters is 1. The minimum absolute atomic E-state index is 0.0782. The van der Waals surface area contributed by atoms with E-state index in [0.29, 0.717) is 13.2 Å². The van der Waals surface area contributed by atoms with Crippen LogP contribution < -0.4 is 5.32 Å². The van der Waals surface area contributed by atoms with E-state index in [4.69, 9.17) is 4.74 Å². The molecule has 1 atom stereocenters. The number of hydrogen-bond donors (Lipinski definition) is 1. The molecule has 0 aromatic rings. The molecule has 1 amide bonds. The third kappa shape index (κ3) is 1.57. The average molecular weight is 171 g/mol. The van der Waals surface area contributed by atoms with Gasteiger partial charge >= 0.3 is 5.97 Å². The Morgan fingerprint density at radius 1 is 1.75 bits per heavy atom. The minimum Gasteiger partial charge on any atom is -0.466 e. The summed E-state index contributed by atoms with van der Waals surface area (Å²) in [5.74, 6) is -0.367. The molecular weight excluding hydrogens is 158 g/mol. The summed E-state index contributed by atoms with van der Waals surface area (Å²) in [7, 11) is 0. The van der Waals surface area contributed by atoms with Gasteiger partial charge in [0.15, 0.2) is 0 Å². The van der Waals surface area contributed by atoms with Crippen LogP contribution in [0.5, 0.6) is 0 Å². The molecule has 4 nitrogen and oxygen atoms in total. The van der Waals surface area contributed by atoms with Crippen molar-refractivity contribution in [1.29, 1.82) is 0 Å². The maximum Gasteiger partial charge on any atom is 0.314 e. The molecule has 0 aromatic heterocycles. The zero-order chi connectivity index (χ0) is 9.19. The largest absolute Gasteiger partial charge is 0.466 e. The highest BCUT2D eigenvalue weighted by atomic mass is 16.5. The first-order valence-electron chi connectivity index (χ1n) is 4.02. The quantitative estimate of drug-likeness (QED) is 0.598. The molecule has 0 aliphatic carbocycles. The lowest BCUT2D eigenvalue weighted by atomic mass is 9.90. The molecule has 0 radical (unpaired) electrons. The van der Waals surface area contributed by atoms with Crippen LogP contribution >= 0.6 is 0 Å². The molecule has 0 unspecified atom stereocenters. The van der Waals surface area contributed by atoms with Gasteiger partial charge in [0.1, 0.15) is 0 Å². The fourth-order valence-electron chi connectivity index (χ4n) is 1.22. The number of amides is 1. The first-order valence-corrected chi connectivity index (χ1v) is 4.02. The van der Waals surface area contributed by atoms with Crippen molar-refractivity contribution in [2.45, 2.75) is 20.3 Å². The van der Waals surface area contributed by atoms with Crippen LogP contribution in [0.25, 0.3) is 0 Å². The molecule has 68 valence electrons. The van der Waals surface area contributed by atoms with Crippen LogP contribution in [0.15, 0.2) is 0 Å². The lowest BCUT2D eigenvalue weighted by Crippen LogP contribution is -2.31. The fraction of sp³-hybridized carbons (Fsp3) is 0.750. The number of carbonyl (C=O) groups is 2. The van der Waals surface area contributed by atoms with E-state index in [1.807, 2.05) is 0 Å². The molecule has 1 aliphatic heterocycles. The van der Waals surface area contributed by atoms with Gasteiger partial charge in [0.2, 0.25) is 5.91 Å².